The number of anilines is 2. The van der Waals surface area contributed by atoms with Crippen molar-refractivity contribution in [3.63, 3.8) is 0 Å². The van der Waals surface area contributed by atoms with E-state index in [0.717, 1.165) is 11.3 Å². The van der Waals surface area contributed by atoms with Crippen LogP contribution in [0.15, 0.2) is 12.7 Å². The molecule has 1 heterocycles. The molecule has 0 atom stereocenters. The number of nitrogens with one attached hydrogen (secondary N) is 1. The molecule has 0 unspecified atom stereocenters. The zero-order valence-corrected chi connectivity index (χ0v) is 10.8. The second-order valence-electron chi connectivity index (χ2n) is 3.39. The molecule has 0 aliphatic rings. The summed E-state index contributed by atoms with van der Waals surface area (Å²) in [4.78, 5) is 27.9. The molecule has 8 heteroatoms. The Balaban J connectivity index is 2.89. The smallest absolute Gasteiger partial charge is 0.413 e. The summed E-state index contributed by atoms with van der Waals surface area (Å²) in [6, 6.07) is 0. The van der Waals surface area contributed by atoms with E-state index in [2.05, 4.69) is 21.6 Å². The molecule has 0 fully saturated rings. The van der Waals surface area contributed by atoms with Crippen LogP contribution in [0.25, 0.3) is 0 Å². The second kappa shape index (κ2) is 6.01. The molecule has 2 N–H and O–H groups in total. The fourth-order valence-corrected chi connectivity index (χ4v) is 1.78. The molecule has 0 saturated carbocycles. The molecule has 0 aliphatic carbocycles. The Kier molecular flexibility index (Phi) is 4.67. The maximum atomic E-state index is 11.3. The quantitative estimate of drug-likeness (QED) is 0.791. The van der Waals surface area contributed by atoms with Gasteiger partial charge in [-0.3, -0.25) is 5.32 Å². The van der Waals surface area contributed by atoms with E-state index in [1.54, 1.807) is 19.0 Å². The summed E-state index contributed by atoms with van der Waals surface area (Å²) < 4.78 is 4.69. The highest BCUT2D eigenvalue weighted by molar-refractivity contribution is 7.18. The van der Waals surface area contributed by atoms with Crippen LogP contribution in [-0.4, -0.2) is 42.9 Å². The number of ether oxygens (including phenoxy) is 1. The van der Waals surface area contributed by atoms with Gasteiger partial charge in [0, 0.05) is 14.1 Å². The number of carboxylic acids is 1. The Bertz CT molecular complexity index is 470. The summed E-state index contributed by atoms with van der Waals surface area (Å²) in [6.07, 6.45) is 0.636. The van der Waals surface area contributed by atoms with Crippen LogP contribution in [-0.2, 0) is 4.74 Å². The first-order chi connectivity index (χ1) is 8.45. The third-order valence-corrected chi connectivity index (χ3v) is 2.96. The van der Waals surface area contributed by atoms with Crippen molar-refractivity contribution >= 4 is 34.3 Å². The molecule has 0 aromatic carbocycles. The largest absolute Gasteiger partial charge is 0.477 e. The van der Waals surface area contributed by atoms with Gasteiger partial charge in [-0.1, -0.05) is 24.0 Å². The molecule has 1 rings (SSSR count). The highest BCUT2D eigenvalue weighted by Crippen LogP contribution is 2.28. The first kappa shape index (κ1) is 14.0. The first-order valence-corrected chi connectivity index (χ1v) is 5.73. The molecule has 7 nitrogen and oxygen atoms in total. The number of rotatable bonds is 5. The van der Waals surface area contributed by atoms with Crippen molar-refractivity contribution in [1.82, 2.24) is 4.98 Å². The number of hydrogen-bond donors (Lipinski definition) is 2. The summed E-state index contributed by atoms with van der Waals surface area (Å²) in [5.41, 5.74) is 0. The summed E-state index contributed by atoms with van der Waals surface area (Å²) in [6.45, 7) is 3.43. The van der Waals surface area contributed by atoms with Gasteiger partial charge in [0.25, 0.3) is 0 Å². The molecule has 98 valence electrons. The molecule has 1 aromatic heterocycles. The van der Waals surface area contributed by atoms with Gasteiger partial charge in [-0.2, -0.15) is 0 Å². The lowest BCUT2D eigenvalue weighted by atomic mass is 10.5. The van der Waals surface area contributed by atoms with Crippen molar-refractivity contribution < 1.29 is 19.4 Å². The molecule has 1 aromatic rings. The SMILES string of the molecule is C=CCOC(=O)Nc1nc(N(C)C)sc1C(=O)O. The third-order valence-electron chi connectivity index (χ3n) is 1.75. The lowest BCUT2D eigenvalue weighted by molar-refractivity contribution is 0.0703. The Morgan fingerprint density at radius 1 is 1.61 bits per heavy atom. The molecule has 1 amide bonds. The van der Waals surface area contributed by atoms with Crippen LogP contribution in [0, 0.1) is 0 Å². The van der Waals surface area contributed by atoms with Gasteiger partial charge in [0.05, 0.1) is 0 Å². The molecule has 18 heavy (non-hydrogen) atoms. The van der Waals surface area contributed by atoms with Gasteiger partial charge in [-0.15, -0.1) is 0 Å². The van der Waals surface area contributed by atoms with Gasteiger partial charge in [0.2, 0.25) is 0 Å². The van der Waals surface area contributed by atoms with Crippen molar-refractivity contribution in [3.8, 4) is 0 Å². The predicted molar refractivity (Wildman–Crippen MR) is 68.6 cm³/mol. The fraction of sp³-hybridized carbons (Fsp3) is 0.300. The lowest BCUT2D eigenvalue weighted by Crippen LogP contribution is -2.16. The number of hydrogen-bond acceptors (Lipinski definition) is 6. The lowest BCUT2D eigenvalue weighted by Gasteiger charge is -2.05. The van der Waals surface area contributed by atoms with Gasteiger partial charge in [0.15, 0.2) is 15.8 Å². The summed E-state index contributed by atoms with van der Waals surface area (Å²) >= 11 is 0.966. The number of aromatic nitrogens is 1. The van der Waals surface area contributed by atoms with Crippen LogP contribution in [0.4, 0.5) is 15.7 Å². The highest BCUT2D eigenvalue weighted by Gasteiger charge is 2.20. The number of carboxylic acid groups (broad SMARTS) is 1. The molecular weight excluding hydrogens is 258 g/mol. The van der Waals surface area contributed by atoms with Gasteiger partial charge < -0.3 is 14.7 Å². The van der Waals surface area contributed by atoms with Crippen LogP contribution in [0.5, 0.6) is 0 Å². The van der Waals surface area contributed by atoms with Gasteiger partial charge >= 0.3 is 12.1 Å². The van der Waals surface area contributed by atoms with E-state index < -0.39 is 12.1 Å². The summed E-state index contributed by atoms with van der Waals surface area (Å²) in [5.74, 6) is -1.18. The van der Waals surface area contributed by atoms with Crippen molar-refractivity contribution in [2.45, 2.75) is 0 Å². The van der Waals surface area contributed by atoms with Crippen LogP contribution in [0.3, 0.4) is 0 Å². The zero-order chi connectivity index (χ0) is 13.7. The van der Waals surface area contributed by atoms with Crippen LogP contribution >= 0.6 is 11.3 Å². The maximum absolute atomic E-state index is 11.3. The van der Waals surface area contributed by atoms with E-state index >= 15 is 0 Å². The monoisotopic (exact) mass is 271 g/mol. The average Bonchev–Trinajstić information content (AvgIpc) is 2.70. The third kappa shape index (κ3) is 3.45. The molecule has 0 bridgehead atoms. The van der Waals surface area contributed by atoms with Crippen molar-refractivity contribution in [3.05, 3.63) is 17.5 Å². The normalized spacial score (nSPS) is 9.67. The second-order valence-corrected chi connectivity index (χ2v) is 4.36. The topological polar surface area (TPSA) is 91.8 Å². The maximum Gasteiger partial charge on any atom is 0.413 e. The number of carbonyl (C=O) groups is 2. The number of aromatic carboxylic acids is 1. The average molecular weight is 271 g/mol. The van der Waals surface area contributed by atoms with Crippen molar-refractivity contribution in [2.24, 2.45) is 0 Å². The Hall–Kier alpha value is -2.09. The van der Waals surface area contributed by atoms with E-state index in [1.165, 1.54) is 6.08 Å². The van der Waals surface area contributed by atoms with Gasteiger partial charge in [-0.05, 0) is 0 Å². The van der Waals surface area contributed by atoms with Gasteiger partial charge in [-0.25, -0.2) is 14.6 Å². The molecule has 0 radical (unpaired) electrons. The van der Waals surface area contributed by atoms with E-state index in [4.69, 9.17) is 5.11 Å². The fourth-order valence-electron chi connectivity index (χ4n) is 0.997. The van der Waals surface area contributed by atoms with Crippen molar-refractivity contribution in [2.75, 3.05) is 30.9 Å². The van der Waals surface area contributed by atoms with E-state index in [9.17, 15) is 9.59 Å². The first-order valence-electron chi connectivity index (χ1n) is 4.91. The molecular formula is C10H13N3O4S. The van der Waals surface area contributed by atoms with E-state index in [0.29, 0.717) is 5.13 Å². The number of nitrogens with zero attached hydrogens (tertiary/aromatic N) is 2. The Morgan fingerprint density at radius 2 is 2.28 bits per heavy atom. The van der Waals surface area contributed by atoms with Crippen LogP contribution in [0.1, 0.15) is 9.67 Å². The van der Waals surface area contributed by atoms with E-state index in [1.807, 2.05) is 0 Å². The van der Waals surface area contributed by atoms with Crippen molar-refractivity contribution in [1.29, 1.82) is 0 Å². The standard InChI is InChI=1S/C10H13N3O4S/c1-4-5-17-10(16)12-7-6(8(14)15)18-9(11-7)13(2)3/h4H,1,5H2,2-3H3,(H,12,16)(H,14,15). The summed E-state index contributed by atoms with van der Waals surface area (Å²) in [7, 11) is 3.45. The van der Waals surface area contributed by atoms with Gasteiger partial charge in [0.1, 0.15) is 6.61 Å². The minimum atomic E-state index is -1.15. The number of carbonyl (C=O) groups excluding carboxylic acids is 1. The Morgan fingerprint density at radius 3 is 2.78 bits per heavy atom. The van der Waals surface area contributed by atoms with Crippen LogP contribution < -0.4 is 10.2 Å². The zero-order valence-electron chi connectivity index (χ0n) is 9.97. The highest BCUT2D eigenvalue weighted by atomic mass is 32.1. The number of amides is 1. The molecule has 0 spiro atoms. The Labute approximate surface area is 108 Å². The molecule has 0 saturated heterocycles. The minimum Gasteiger partial charge on any atom is -0.477 e. The summed E-state index contributed by atoms with van der Waals surface area (Å²) in [5, 5.41) is 11.8. The molecule has 0 aliphatic heterocycles. The minimum absolute atomic E-state index is 0.0229. The predicted octanol–water partition coefficient (Wildman–Crippen LogP) is 1.64. The van der Waals surface area contributed by atoms with E-state index in [-0.39, 0.29) is 17.3 Å². The number of thiazole rings is 1. The van der Waals surface area contributed by atoms with Crippen LogP contribution in [0.2, 0.25) is 0 Å².